The van der Waals surface area contributed by atoms with Crippen molar-refractivity contribution in [2.24, 2.45) is 0 Å². The van der Waals surface area contributed by atoms with Gasteiger partial charge in [-0.3, -0.25) is 19.8 Å². The summed E-state index contributed by atoms with van der Waals surface area (Å²) in [7, 11) is 0. The molecule has 0 atom stereocenters. The van der Waals surface area contributed by atoms with Gasteiger partial charge in [-0.15, -0.1) is 0 Å². The van der Waals surface area contributed by atoms with Gasteiger partial charge in [-0.05, 0) is 29.3 Å². The van der Waals surface area contributed by atoms with E-state index in [2.05, 4.69) is 10.3 Å². The van der Waals surface area contributed by atoms with Crippen molar-refractivity contribution in [1.29, 1.82) is 0 Å². The first-order chi connectivity index (χ1) is 10.7. The maximum absolute atomic E-state index is 11.9. The Labute approximate surface area is 127 Å². The van der Waals surface area contributed by atoms with Crippen LogP contribution in [0.3, 0.4) is 0 Å². The summed E-state index contributed by atoms with van der Waals surface area (Å²) in [5.41, 5.74) is 3.77. The molecule has 112 valence electrons. The van der Waals surface area contributed by atoms with Crippen molar-refractivity contribution in [3.63, 3.8) is 0 Å². The van der Waals surface area contributed by atoms with E-state index in [9.17, 15) is 9.59 Å². The van der Waals surface area contributed by atoms with Crippen molar-refractivity contribution in [3.8, 4) is 0 Å². The number of nitrogens with one attached hydrogen (secondary N) is 2. The van der Waals surface area contributed by atoms with Crippen molar-refractivity contribution in [2.75, 3.05) is 0 Å². The molecule has 2 aromatic rings. The molecule has 0 unspecified atom stereocenters. The molecular formula is C16H15N3O3. The molecule has 6 heteroatoms. The van der Waals surface area contributed by atoms with Crippen molar-refractivity contribution < 1.29 is 14.8 Å². The summed E-state index contributed by atoms with van der Waals surface area (Å²) in [4.78, 5) is 26.6. The zero-order valence-corrected chi connectivity index (χ0v) is 11.7. The number of hydroxylamine groups is 1. The minimum atomic E-state index is -0.590. The molecule has 0 bridgehead atoms. The van der Waals surface area contributed by atoms with Gasteiger partial charge in [0.2, 0.25) is 0 Å². The van der Waals surface area contributed by atoms with E-state index in [1.165, 1.54) is 17.8 Å². The molecule has 0 saturated carbocycles. The number of benzene rings is 1. The van der Waals surface area contributed by atoms with E-state index < -0.39 is 5.91 Å². The third kappa shape index (κ3) is 4.53. The van der Waals surface area contributed by atoms with Gasteiger partial charge in [0.05, 0.1) is 5.56 Å². The topological polar surface area (TPSA) is 91.3 Å². The van der Waals surface area contributed by atoms with Gasteiger partial charge in [-0.2, -0.15) is 0 Å². The number of carbonyl (C=O) groups is 2. The standard InChI is InChI=1S/C16H15N3O3/c20-15(19-22)8-7-12-3-5-13(6-4-12)10-18-16(21)14-2-1-9-17-11-14/h1-9,11,22H,10H2,(H,18,21)(H,19,20)/b8-7+. The quantitative estimate of drug-likeness (QED) is 0.443. The third-order valence-corrected chi connectivity index (χ3v) is 2.89. The zero-order chi connectivity index (χ0) is 15.8. The molecule has 0 aliphatic heterocycles. The van der Waals surface area contributed by atoms with E-state index in [4.69, 9.17) is 5.21 Å². The maximum Gasteiger partial charge on any atom is 0.267 e. The monoisotopic (exact) mass is 297 g/mol. The summed E-state index contributed by atoms with van der Waals surface area (Å²) in [5.74, 6) is -0.774. The molecule has 0 fully saturated rings. The molecule has 6 nitrogen and oxygen atoms in total. The lowest BCUT2D eigenvalue weighted by atomic mass is 10.1. The van der Waals surface area contributed by atoms with Crippen molar-refractivity contribution in [3.05, 3.63) is 71.6 Å². The summed E-state index contributed by atoms with van der Waals surface area (Å²) < 4.78 is 0. The second-order valence-electron chi connectivity index (χ2n) is 4.48. The number of carbonyl (C=O) groups excluding carboxylic acids is 2. The number of hydrogen-bond donors (Lipinski definition) is 3. The second-order valence-corrected chi connectivity index (χ2v) is 4.48. The van der Waals surface area contributed by atoms with E-state index >= 15 is 0 Å². The van der Waals surface area contributed by atoms with Gasteiger partial charge in [-0.1, -0.05) is 24.3 Å². The second kappa shape index (κ2) is 7.70. The highest BCUT2D eigenvalue weighted by atomic mass is 16.5. The predicted octanol–water partition coefficient (Wildman–Crippen LogP) is 1.53. The largest absolute Gasteiger partial charge is 0.348 e. The fourth-order valence-corrected chi connectivity index (χ4v) is 1.74. The lowest BCUT2D eigenvalue weighted by Gasteiger charge is -2.05. The highest BCUT2D eigenvalue weighted by Crippen LogP contribution is 2.06. The van der Waals surface area contributed by atoms with Crippen LogP contribution in [-0.2, 0) is 11.3 Å². The third-order valence-electron chi connectivity index (χ3n) is 2.89. The van der Waals surface area contributed by atoms with Crippen molar-refractivity contribution >= 4 is 17.9 Å². The van der Waals surface area contributed by atoms with Gasteiger partial charge in [0, 0.05) is 25.0 Å². The van der Waals surface area contributed by atoms with E-state index in [0.717, 1.165) is 11.1 Å². The van der Waals surface area contributed by atoms with Gasteiger partial charge < -0.3 is 5.32 Å². The van der Waals surface area contributed by atoms with Crippen LogP contribution in [0.25, 0.3) is 6.08 Å². The van der Waals surface area contributed by atoms with Crippen LogP contribution < -0.4 is 10.8 Å². The SMILES string of the molecule is O=C(/C=C/c1ccc(CNC(=O)c2cccnc2)cc1)NO. The Hall–Kier alpha value is -2.99. The normalized spacial score (nSPS) is 10.4. The molecule has 0 spiro atoms. The first kappa shape index (κ1) is 15.4. The smallest absolute Gasteiger partial charge is 0.267 e. The molecule has 1 heterocycles. The Morgan fingerprint density at radius 2 is 1.95 bits per heavy atom. The van der Waals surface area contributed by atoms with Crippen LogP contribution in [0.1, 0.15) is 21.5 Å². The molecule has 1 aromatic heterocycles. The zero-order valence-electron chi connectivity index (χ0n) is 11.7. The summed E-state index contributed by atoms with van der Waals surface area (Å²) >= 11 is 0. The number of nitrogens with zero attached hydrogens (tertiary/aromatic N) is 1. The molecular weight excluding hydrogens is 282 g/mol. The van der Waals surface area contributed by atoms with Crippen LogP contribution in [0, 0.1) is 0 Å². The molecule has 0 radical (unpaired) electrons. The first-order valence-corrected chi connectivity index (χ1v) is 6.58. The summed E-state index contributed by atoms with van der Waals surface area (Å²) in [6.45, 7) is 0.398. The Morgan fingerprint density at radius 3 is 2.59 bits per heavy atom. The van der Waals surface area contributed by atoms with Gasteiger partial charge in [-0.25, -0.2) is 5.48 Å². The van der Waals surface area contributed by atoms with Crippen LogP contribution in [0.5, 0.6) is 0 Å². The fraction of sp³-hybridized carbons (Fsp3) is 0.0625. The fourth-order valence-electron chi connectivity index (χ4n) is 1.74. The van der Waals surface area contributed by atoms with Crippen LogP contribution in [0.2, 0.25) is 0 Å². The first-order valence-electron chi connectivity index (χ1n) is 6.58. The highest BCUT2D eigenvalue weighted by Gasteiger charge is 2.04. The number of hydrogen-bond acceptors (Lipinski definition) is 4. The van der Waals surface area contributed by atoms with Crippen LogP contribution in [-0.4, -0.2) is 22.0 Å². The Morgan fingerprint density at radius 1 is 1.18 bits per heavy atom. The molecule has 1 aromatic carbocycles. The average molecular weight is 297 g/mol. The molecule has 3 N–H and O–H groups in total. The van der Waals surface area contributed by atoms with Crippen LogP contribution >= 0.6 is 0 Å². The van der Waals surface area contributed by atoms with E-state index in [-0.39, 0.29) is 5.91 Å². The number of aromatic nitrogens is 1. The Bertz CT molecular complexity index is 667. The molecule has 0 saturated heterocycles. The minimum Gasteiger partial charge on any atom is -0.348 e. The minimum absolute atomic E-state index is 0.184. The van der Waals surface area contributed by atoms with Gasteiger partial charge in [0.1, 0.15) is 0 Å². The number of rotatable bonds is 5. The lowest BCUT2D eigenvalue weighted by Crippen LogP contribution is -2.22. The molecule has 2 rings (SSSR count). The molecule has 0 aliphatic carbocycles. The molecule has 2 amide bonds. The lowest BCUT2D eigenvalue weighted by molar-refractivity contribution is -0.124. The molecule has 0 aliphatic rings. The average Bonchev–Trinajstić information content (AvgIpc) is 2.59. The molecule has 22 heavy (non-hydrogen) atoms. The van der Waals surface area contributed by atoms with E-state index in [1.54, 1.807) is 24.4 Å². The number of amides is 2. The van der Waals surface area contributed by atoms with Gasteiger partial charge >= 0.3 is 0 Å². The van der Waals surface area contributed by atoms with E-state index in [1.807, 2.05) is 24.3 Å². The van der Waals surface area contributed by atoms with Crippen LogP contribution in [0.4, 0.5) is 0 Å². The predicted molar refractivity (Wildman–Crippen MR) is 80.8 cm³/mol. The maximum atomic E-state index is 11.9. The van der Waals surface area contributed by atoms with Crippen molar-refractivity contribution in [2.45, 2.75) is 6.54 Å². The highest BCUT2D eigenvalue weighted by molar-refractivity contribution is 5.93. The van der Waals surface area contributed by atoms with Crippen LogP contribution in [0.15, 0.2) is 54.9 Å². The summed E-state index contributed by atoms with van der Waals surface area (Å²) in [6, 6.07) is 10.7. The number of pyridine rings is 1. The summed E-state index contributed by atoms with van der Waals surface area (Å²) in [5, 5.41) is 11.2. The van der Waals surface area contributed by atoms with Gasteiger partial charge in [0.25, 0.3) is 11.8 Å². The van der Waals surface area contributed by atoms with Gasteiger partial charge in [0.15, 0.2) is 0 Å². The van der Waals surface area contributed by atoms with Crippen molar-refractivity contribution in [1.82, 2.24) is 15.8 Å². The Kier molecular flexibility index (Phi) is 5.39. The Balaban J connectivity index is 1.90. The summed E-state index contributed by atoms with van der Waals surface area (Å²) in [6.07, 6.45) is 5.91. The van der Waals surface area contributed by atoms with E-state index in [0.29, 0.717) is 12.1 Å².